The number of carbonyl (C=O) groups is 1. The van der Waals surface area contributed by atoms with Crippen LogP contribution >= 0.6 is 0 Å². The molecule has 1 heterocycles. The summed E-state index contributed by atoms with van der Waals surface area (Å²) in [6, 6.07) is 13.9. The molecular formula is C21H26N2O4S. The highest BCUT2D eigenvalue weighted by Gasteiger charge is 2.32. The molecule has 0 saturated carbocycles. The summed E-state index contributed by atoms with van der Waals surface area (Å²) in [6.07, 6.45) is -0.296. The fraction of sp³-hybridized carbons (Fsp3) is 0.381. The minimum Gasteiger partial charge on any atom is -0.373 e. The van der Waals surface area contributed by atoms with Gasteiger partial charge in [0.2, 0.25) is 10.0 Å². The minimum absolute atomic E-state index is 0.148. The van der Waals surface area contributed by atoms with Crippen molar-refractivity contribution in [2.24, 2.45) is 0 Å². The molecule has 0 radical (unpaired) electrons. The number of benzene rings is 2. The Kier molecular flexibility index (Phi) is 6.17. The second kappa shape index (κ2) is 8.43. The molecule has 6 nitrogen and oxygen atoms in total. The molecule has 1 aliphatic rings. The van der Waals surface area contributed by atoms with Gasteiger partial charge in [-0.25, -0.2) is 8.42 Å². The van der Waals surface area contributed by atoms with E-state index >= 15 is 0 Å². The van der Waals surface area contributed by atoms with Crippen LogP contribution in [0.25, 0.3) is 0 Å². The zero-order valence-corrected chi connectivity index (χ0v) is 17.2. The number of carbonyl (C=O) groups excluding carboxylic acids is 1. The number of sulfonamides is 1. The summed E-state index contributed by atoms with van der Waals surface area (Å²) in [5.74, 6) is -0.235. The standard InChI is InChI=1S/C21H26N2O4S/c1-15-6-4-5-7-19(15)12-22-21(24)18-8-10-20(11-9-18)28(25,26)23-13-16(2)27-17(3)14-23/h4-11,16-17H,12-14H2,1-3H3,(H,22,24)/t16-,17+. The smallest absolute Gasteiger partial charge is 0.251 e. The molecule has 7 heteroatoms. The fourth-order valence-electron chi connectivity index (χ4n) is 3.34. The highest BCUT2D eigenvalue weighted by molar-refractivity contribution is 7.89. The molecule has 0 unspecified atom stereocenters. The maximum atomic E-state index is 12.9. The first-order chi connectivity index (χ1) is 13.3. The van der Waals surface area contributed by atoms with Crippen LogP contribution in [0.3, 0.4) is 0 Å². The molecule has 150 valence electrons. The van der Waals surface area contributed by atoms with E-state index in [0.717, 1.165) is 11.1 Å². The zero-order chi connectivity index (χ0) is 20.3. The summed E-state index contributed by atoms with van der Waals surface area (Å²) in [4.78, 5) is 12.6. The first-order valence-corrected chi connectivity index (χ1v) is 10.8. The maximum absolute atomic E-state index is 12.9. The largest absolute Gasteiger partial charge is 0.373 e. The van der Waals surface area contributed by atoms with Crippen LogP contribution in [0.4, 0.5) is 0 Å². The third-order valence-corrected chi connectivity index (χ3v) is 6.69. The lowest BCUT2D eigenvalue weighted by atomic mass is 10.1. The zero-order valence-electron chi connectivity index (χ0n) is 16.4. The molecule has 0 aliphatic carbocycles. The Morgan fingerprint density at radius 1 is 1.07 bits per heavy atom. The first-order valence-electron chi connectivity index (χ1n) is 9.36. The Morgan fingerprint density at radius 3 is 2.29 bits per heavy atom. The van der Waals surface area contributed by atoms with Crippen LogP contribution < -0.4 is 5.32 Å². The van der Waals surface area contributed by atoms with Gasteiger partial charge in [0.15, 0.2) is 0 Å². The van der Waals surface area contributed by atoms with Crippen LogP contribution in [0.15, 0.2) is 53.4 Å². The van der Waals surface area contributed by atoms with Crippen molar-refractivity contribution in [2.75, 3.05) is 13.1 Å². The Balaban J connectivity index is 1.68. The lowest BCUT2D eigenvalue weighted by Crippen LogP contribution is -2.48. The number of morpholine rings is 1. The molecule has 2 atom stereocenters. The van der Waals surface area contributed by atoms with Gasteiger partial charge in [-0.15, -0.1) is 0 Å². The summed E-state index contributed by atoms with van der Waals surface area (Å²) in [6.45, 7) is 6.79. The van der Waals surface area contributed by atoms with E-state index in [0.29, 0.717) is 25.2 Å². The molecule has 0 bridgehead atoms. The Bertz CT molecular complexity index is 931. The molecule has 1 amide bonds. The van der Waals surface area contributed by atoms with Gasteiger partial charge in [-0.05, 0) is 56.2 Å². The molecule has 2 aromatic carbocycles. The van der Waals surface area contributed by atoms with Gasteiger partial charge in [-0.3, -0.25) is 4.79 Å². The van der Waals surface area contributed by atoms with Crippen LogP contribution in [0, 0.1) is 6.92 Å². The van der Waals surface area contributed by atoms with E-state index in [2.05, 4.69) is 5.32 Å². The molecule has 1 saturated heterocycles. The van der Waals surface area contributed by atoms with Gasteiger partial charge in [0.25, 0.3) is 5.91 Å². The number of nitrogens with one attached hydrogen (secondary N) is 1. The molecule has 1 N–H and O–H groups in total. The lowest BCUT2D eigenvalue weighted by Gasteiger charge is -2.34. The number of hydrogen-bond acceptors (Lipinski definition) is 4. The molecule has 0 spiro atoms. The predicted molar refractivity (Wildman–Crippen MR) is 108 cm³/mol. The Hall–Kier alpha value is -2.22. The van der Waals surface area contributed by atoms with Gasteiger partial charge in [-0.2, -0.15) is 4.31 Å². The van der Waals surface area contributed by atoms with Gasteiger partial charge in [-0.1, -0.05) is 24.3 Å². The lowest BCUT2D eigenvalue weighted by molar-refractivity contribution is -0.0440. The fourth-order valence-corrected chi connectivity index (χ4v) is 4.93. The normalized spacial score (nSPS) is 20.7. The molecule has 2 aromatic rings. The maximum Gasteiger partial charge on any atom is 0.251 e. The average molecular weight is 403 g/mol. The van der Waals surface area contributed by atoms with Crippen molar-refractivity contribution in [1.29, 1.82) is 0 Å². The number of rotatable bonds is 5. The number of nitrogens with zero attached hydrogens (tertiary/aromatic N) is 1. The summed E-state index contributed by atoms with van der Waals surface area (Å²) in [5.41, 5.74) is 2.58. The van der Waals surface area contributed by atoms with Gasteiger partial charge in [0.1, 0.15) is 0 Å². The van der Waals surface area contributed by atoms with E-state index in [9.17, 15) is 13.2 Å². The van der Waals surface area contributed by atoms with Gasteiger partial charge in [0, 0.05) is 25.2 Å². The number of aryl methyl sites for hydroxylation is 1. The summed E-state index contributed by atoms with van der Waals surface area (Å²) >= 11 is 0. The van der Waals surface area contributed by atoms with E-state index in [4.69, 9.17) is 4.74 Å². The van der Waals surface area contributed by atoms with Crippen molar-refractivity contribution < 1.29 is 17.9 Å². The minimum atomic E-state index is -3.61. The monoisotopic (exact) mass is 402 g/mol. The number of amides is 1. The highest BCUT2D eigenvalue weighted by atomic mass is 32.2. The molecule has 28 heavy (non-hydrogen) atoms. The third-order valence-electron chi connectivity index (χ3n) is 4.84. The van der Waals surface area contributed by atoms with Gasteiger partial charge in [0.05, 0.1) is 17.1 Å². The quantitative estimate of drug-likeness (QED) is 0.834. The van der Waals surface area contributed by atoms with Crippen molar-refractivity contribution in [3.8, 4) is 0 Å². The van der Waals surface area contributed by atoms with Gasteiger partial charge < -0.3 is 10.1 Å². The molecular weight excluding hydrogens is 376 g/mol. The van der Waals surface area contributed by atoms with E-state index in [1.807, 2.05) is 45.0 Å². The van der Waals surface area contributed by atoms with Crippen molar-refractivity contribution in [3.05, 3.63) is 65.2 Å². The predicted octanol–water partition coefficient (Wildman–Crippen LogP) is 2.72. The van der Waals surface area contributed by atoms with E-state index in [1.165, 1.54) is 16.4 Å². The van der Waals surface area contributed by atoms with Crippen molar-refractivity contribution in [3.63, 3.8) is 0 Å². The number of ether oxygens (including phenoxy) is 1. The third kappa shape index (κ3) is 4.60. The first kappa shape index (κ1) is 20.5. The molecule has 1 aliphatic heterocycles. The molecule has 3 rings (SSSR count). The van der Waals surface area contributed by atoms with Crippen LogP contribution in [0.2, 0.25) is 0 Å². The second-order valence-corrected chi connectivity index (χ2v) is 9.15. The summed E-state index contributed by atoms with van der Waals surface area (Å²) in [7, 11) is -3.61. The summed E-state index contributed by atoms with van der Waals surface area (Å²) in [5, 5.41) is 2.87. The van der Waals surface area contributed by atoms with Crippen LogP contribution in [0.5, 0.6) is 0 Å². The van der Waals surface area contributed by atoms with E-state index in [-0.39, 0.29) is 23.0 Å². The number of hydrogen-bond donors (Lipinski definition) is 1. The van der Waals surface area contributed by atoms with Gasteiger partial charge >= 0.3 is 0 Å². The Labute approximate surface area is 166 Å². The SMILES string of the molecule is Cc1ccccc1CNC(=O)c1ccc(S(=O)(=O)N2C[C@@H](C)O[C@@H](C)C2)cc1. The van der Waals surface area contributed by atoms with Crippen molar-refractivity contribution >= 4 is 15.9 Å². The Morgan fingerprint density at radius 2 is 1.68 bits per heavy atom. The van der Waals surface area contributed by atoms with E-state index in [1.54, 1.807) is 12.1 Å². The van der Waals surface area contributed by atoms with Crippen LogP contribution in [-0.4, -0.2) is 43.9 Å². The van der Waals surface area contributed by atoms with Crippen LogP contribution in [-0.2, 0) is 21.3 Å². The van der Waals surface area contributed by atoms with Crippen molar-refractivity contribution in [2.45, 2.75) is 44.4 Å². The van der Waals surface area contributed by atoms with E-state index < -0.39 is 10.0 Å². The van der Waals surface area contributed by atoms with Crippen LogP contribution in [0.1, 0.15) is 35.3 Å². The average Bonchev–Trinajstić information content (AvgIpc) is 2.66. The highest BCUT2D eigenvalue weighted by Crippen LogP contribution is 2.21. The molecule has 0 aromatic heterocycles. The molecule has 1 fully saturated rings. The summed E-state index contributed by atoms with van der Waals surface area (Å²) < 4.78 is 32.8. The second-order valence-electron chi connectivity index (χ2n) is 7.21. The van der Waals surface area contributed by atoms with Crippen molar-refractivity contribution in [1.82, 2.24) is 9.62 Å². The topological polar surface area (TPSA) is 75.7 Å².